The van der Waals surface area contributed by atoms with Gasteiger partial charge in [-0.2, -0.15) is 0 Å². The van der Waals surface area contributed by atoms with Crippen molar-refractivity contribution in [3.8, 4) is 0 Å². The van der Waals surface area contributed by atoms with E-state index in [1.807, 2.05) is 11.3 Å². The van der Waals surface area contributed by atoms with Gasteiger partial charge < -0.3 is 5.32 Å². The number of hydrogen-bond acceptors (Lipinski definition) is 2. The molecule has 0 bridgehead atoms. The molecule has 2 rings (SSSR count). The Labute approximate surface area is 135 Å². The third kappa shape index (κ3) is 4.71. The second-order valence-electron chi connectivity index (χ2n) is 4.46. The van der Waals surface area contributed by atoms with Gasteiger partial charge >= 0.3 is 0 Å². The van der Waals surface area contributed by atoms with E-state index in [-0.39, 0.29) is 0 Å². The van der Waals surface area contributed by atoms with Crippen molar-refractivity contribution in [2.45, 2.75) is 25.8 Å². The summed E-state index contributed by atoms with van der Waals surface area (Å²) in [6, 6.07) is 13.3. The van der Waals surface area contributed by atoms with Crippen LogP contribution in [-0.4, -0.2) is 12.6 Å². The van der Waals surface area contributed by atoms with E-state index in [9.17, 15) is 0 Å². The monoisotopic (exact) mass is 401 g/mol. The number of thiophene rings is 1. The third-order valence-electron chi connectivity index (χ3n) is 2.99. The molecule has 102 valence electrons. The van der Waals surface area contributed by atoms with E-state index in [1.54, 1.807) is 0 Å². The first-order valence-electron chi connectivity index (χ1n) is 6.40. The van der Waals surface area contributed by atoms with Crippen LogP contribution in [0.3, 0.4) is 0 Å². The summed E-state index contributed by atoms with van der Waals surface area (Å²) < 4.78 is 2.41. The van der Waals surface area contributed by atoms with Gasteiger partial charge in [-0.25, -0.2) is 0 Å². The Morgan fingerprint density at radius 3 is 2.53 bits per heavy atom. The highest BCUT2D eigenvalue weighted by molar-refractivity contribution is 9.11. The molecule has 2 aromatic rings. The van der Waals surface area contributed by atoms with Crippen molar-refractivity contribution in [2.24, 2.45) is 0 Å². The first kappa shape index (κ1) is 15.2. The average Bonchev–Trinajstić information content (AvgIpc) is 2.78. The molecule has 1 atom stereocenters. The molecule has 1 nitrogen and oxygen atoms in total. The van der Waals surface area contributed by atoms with E-state index >= 15 is 0 Å². The van der Waals surface area contributed by atoms with Crippen LogP contribution in [0.1, 0.15) is 17.4 Å². The SMILES string of the molecule is CCNC(Cc1ccc(Br)s1)Cc1ccccc1Br. The molecule has 1 unspecified atom stereocenters. The van der Waals surface area contributed by atoms with E-state index in [0.29, 0.717) is 6.04 Å². The first-order chi connectivity index (χ1) is 9.19. The van der Waals surface area contributed by atoms with Gasteiger partial charge in [0.1, 0.15) is 0 Å². The van der Waals surface area contributed by atoms with Crippen LogP contribution < -0.4 is 5.32 Å². The number of hydrogen-bond donors (Lipinski definition) is 1. The standard InChI is InChI=1S/C15H17Br2NS/c1-2-18-12(10-13-7-8-15(17)19-13)9-11-5-3-4-6-14(11)16/h3-8,12,18H,2,9-10H2,1H3. The summed E-state index contributed by atoms with van der Waals surface area (Å²) in [6.45, 7) is 3.17. The van der Waals surface area contributed by atoms with E-state index in [2.05, 4.69) is 80.5 Å². The maximum atomic E-state index is 3.63. The van der Waals surface area contributed by atoms with Crippen molar-refractivity contribution >= 4 is 43.2 Å². The zero-order valence-corrected chi connectivity index (χ0v) is 14.8. The Kier molecular flexibility index (Phi) is 6.07. The van der Waals surface area contributed by atoms with Crippen molar-refractivity contribution in [3.05, 3.63) is 55.1 Å². The van der Waals surface area contributed by atoms with Crippen LogP contribution in [-0.2, 0) is 12.8 Å². The fraction of sp³-hybridized carbons (Fsp3) is 0.333. The van der Waals surface area contributed by atoms with Gasteiger partial charge in [0.25, 0.3) is 0 Å². The molecule has 0 saturated heterocycles. The molecule has 19 heavy (non-hydrogen) atoms. The Balaban J connectivity index is 2.06. The molecule has 0 saturated carbocycles. The summed E-state index contributed by atoms with van der Waals surface area (Å²) in [5.74, 6) is 0. The minimum absolute atomic E-state index is 0.481. The predicted octanol–water partition coefficient (Wildman–Crippen LogP) is 5.04. The molecule has 1 heterocycles. The molecule has 0 aliphatic carbocycles. The molecule has 0 spiro atoms. The molecule has 4 heteroatoms. The van der Waals surface area contributed by atoms with Crippen molar-refractivity contribution in [1.29, 1.82) is 0 Å². The van der Waals surface area contributed by atoms with Crippen LogP contribution in [0.25, 0.3) is 0 Å². The average molecular weight is 403 g/mol. The largest absolute Gasteiger partial charge is 0.314 e. The number of likely N-dealkylation sites (N-methyl/N-ethyl adjacent to an activating group) is 1. The lowest BCUT2D eigenvalue weighted by Gasteiger charge is -2.18. The fourth-order valence-corrected chi connectivity index (χ4v) is 4.15. The Morgan fingerprint density at radius 1 is 1.11 bits per heavy atom. The van der Waals surface area contributed by atoms with Crippen molar-refractivity contribution in [1.82, 2.24) is 5.32 Å². The van der Waals surface area contributed by atoms with Gasteiger partial charge in [-0.3, -0.25) is 0 Å². The Morgan fingerprint density at radius 2 is 1.89 bits per heavy atom. The highest BCUT2D eigenvalue weighted by Gasteiger charge is 2.12. The lowest BCUT2D eigenvalue weighted by atomic mass is 10.0. The van der Waals surface area contributed by atoms with Crippen LogP contribution in [0.5, 0.6) is 0 Å². The van der Waals surface area contributed by atoms with Crippen molar-refractivity contribution < 1.29 is 0 Å². The summed E-state index contributed by atoms with van der Waals surface area (Å²) >= 11 is 8.98. The topological polar surface area (TPSA) is 12.0 Å². The lowest BCUT2D eigenvalue weighted by molar-refractivity contribution is 0.524. The second kappa shape index (κ2) is 7.58. The summed E-state index contributed by atoms with van der Waals surface area (Å²) in [7, 11) is 0. The predicted molar refractivity (Wildman–Crippen MR) is 91.0 cm³/mol. The number of halogens is 2. The van der Waals surface area contributed by atoms with Crippen molar-refractivity contribution in [2.75, 3.05) is 6.54 Å². The second-order valence-corrected chi connectivity index (χ2v) is 7.86. The molecule has 0 fully saturated rings. The minimum atomic E-state index is 0.481. The molecule has 1 aromatic heterocycles. The highest BCUT2D eigenvalue weighted by atomic mass is 79.9. The Hall–Kier alpha value is -0.160. The van der Waals surface area contributed by atoms with Crippen LogP contribution in [0, 0.1) is 0 Å². The van der Waals surface area contributed by atoms with Gasteiger partial charge in [0, 0.05) is 15.4 Å². The molecule has 0 radical (unpaired) electrons. The quantitative estimate of drug-likeness (QED) is 0.713. The maximum absolute atomic E-state index is 3.63. The van der Waals surface area contributed by atoms with Gasteiger partial charge in [-0.1, -0.05) is 41.1 Å². The summed E-state index contributed by atoms with van der Waals surface area (Å²) in [5.41, 5.74) is 1.36. The molecular formula is C15H17Br2NS. The van der Waals surface area contributed by atoms with E-state index < -0.39 is 0 Å². The highest BCUT2D eigenvalue weighted by Crippen LogP contribution is 2.24. The number of nitrogens with one attached hydrogen (secondary N) is 1. The number of benzene rings is 1. The minimum Gasteiger partial charge on any atom is -0.314 e. The molecule has 1 N–H and O–H groups in total. The summed E-state index contributed by atoms with van der Waals surface area (Å²) in [5, 5.41) is 3.59. The maximum Gasteiger partial charge on any atom is 0.0701 e. The zero-order valence-electron chi connectivity index (χ0n) is 10.8. The summed E-state index contributed by atoms with van der Waals surface area (Å²) in [4.78, 5) is 1.42. The normalized spacial score (nSPS) is 12.6. The molecule has 0 aliphatic rings. The fourth-order valence-electron chi connectivity index (χ4n) is 2.14. The van der Waals surface area contributed by atoms with Crippen LogP contribution in [0.2, 0.25) is 0 Å². The van der Waals surface area contributed by atoms with E-state index in [1.165, 1.54) is 18.7 Å². The van der Waals surface area contributed by atoms with Crippen LogP contribution in [0.15, 0.2) is 44.7 Å². The van der Waals surface area contributed by atoms with Crippen LogP contribution >= 0.6 is 43.2 Å². The smallest absolute Gasteiger partial charge is 0.0701 e. The molecule has 0 amide bonds. The van der Waals surface area contributed by atoms with Gasteiger partial charge in [0.15, 0.2) is 0 Å². The first-order valence-corrected chi connectivity index (χ1v) is 8.80. The van der Waals surface area contributed by atoms with Gasteiger partial charge in [0.05, 0.1) is 3.79 Å². The van der Waals surface area contributed by atoms with Gasteiger partial charge in [-0.05, 0) is 59.1 Å². The molecular weight excluding hydrogens is 386 g/mol. The molecule has 1 aromatic carbocycles. The van der Waals surface area contributed by atoms with Gasteiger partial charge in [0.2, 0.25) is 0 Å². The van der Waals surface area contributed by atoms with Crippen LogP contribution in [0.4, 0.5) is 0 Å². The van der Waals surface area contributed by atoms with Gasteiger partial charge in [-0.15, -0.1) is 11.3 Å². The van der Waals surface area contributed by atoms with E-state index in [4.69, 9.17) is 0 Å². The molecule has 0 aliphatic heterocycles. The lowest BCUT2D eigenvalue weighted by Crippen LogP contribution is -2.32. The zero-order chi connectivity index (χ0) is 13.7. The van der Waals surface area contributed by atoms with E-state index in [0.717, 1.165) is 19.4 Å². The van der Waals surface area contributed by atoms with Crippen molar-refractivity contribution in [3.63, 3.8) is 0 Å². The summed E-state index contributed by atoms with van der Waals surface area (Å²) in [6.07, 6.45) is 2.12. The number of rotatable bonds is 6. The Bertz CT molecular complexity index is 524. The third-order valence-corrected chi connectivity index (χ3v) is 5.41.